The zero-order chi connectivity index (χ0) is 46.7. The van der Waals surface area contributed by atoms with Crippen LogP contribution in [0.25, 0.3) is 0 Å². The van der Waals surface area contributed by atoms with Crippen molar-refractivity contribution in [3.8, 4) is 0 Å². The number of nitrogens with one attached hydrogen (secondary N) is 1. The summed E-state index contributed by atoms with van der Waals surface area (Å²) < 4.78 is 27.9. The maximum atomic E-state index is 13.6. The van der Waals surface area contributed by atoms with Gasteiger partial charge in [0.25, 0.3) is 0 Å². The summed E-state index contributed by atoms with van der Waals surface area (Å²) in [5.41, 5.74) is 2.52. The van der Waals surface area contributed by atoms with Crippen LogP contribution in [-0.4, -0.2) is 96.5 Å². The number of esters is 5. The smallest absolute Gasteiger partial charge is 0.320 e. The Bertz CT molecular complexity index is 1930. The fourth-order valence-electron chi connectivity index (χ4n) is 6.60. The van der Waals surface area contributed by atoms with Crippen LogP contribution < -0.4 is 5.32 Å². The molecular formula is C51H63N3O11. The lowest BCUT2D eigenvalue weighted by molar-refractivity contribution is -0.155. The summed E-state index contributed by atoms with van der Waals surface area (Å²) in [6.45, 7) is 4.32. The summed E-state index contributed by atoms with van der Waals surface area (Å²) in [6, 6.07) is 35.8. The first-order valence-corrected chi connectivity index (χ1v) is 22.0. The zero-order valence-corrected chi connectivity index (χ0v) is 37.8. The summed E-state index contributed by atoms with van der Waals surface area (Å²) in [7, 11) is 0. The van der Waals surface area contributed by atoms with Gasteiger partial charge in [0.2, 0.25) is 5.91 Å². The summed E-state index contributed by atoms with van der Waals surface area (Å²) in [5.74, 6) is -3.07. The van der Waals surface area contributed by atoms with Crippen molar-refractivity contribution in [3.05, 3.63) is 144 Å². The van der Waals surface area contributed by atoms with Crippen LogP contribution in [0.2, 0.25) is 0 Å². The van der Waals surface area contributed by atoms with Gasteiger partial charge in [0.1, 0.15) is 32.0 Å². The minimum absolute atomic E-state index is 0.00318. The van der Waals surface area contributed by atoms with Crippen molar-refractivity contribution < 1.29 is 52.5 Å². The number of benzene rings is 4. The van der Waals surface area contributed by atoms with Crippen LogP contribution in [0.1, 0.15) is 81.5 Å². The Morgan fingerprint density at radius 1 is 0.492 bits per heavy atom. The first-order valence-electron chi connectivity index (χ1n) is 22.0. The van der Waals surface area contributed by atoms with Crippen molar-refractivity contribution in [1.29, 1.82) is 0 Å². The van der Waals surface area contributed by atoms with Crippen molar-refractivity contribution in [2.45, 2.75) is 97.4 Å². The van der Waals surface area contributed by atoms with Gasteiger partial charge in [0.15, 0.2) is 0 Å². The number of amides is 1. The quantitative estimate of drug-likeness (QED) is 0.0363. The SMILES string of the molecule is CC(C)(C)OC(=O)CCCCCNC(=O)CCC(CN(CC(=O)OCc1ccccc1)CC(=O)OCc1ccccc1)N(CC(=O)OCc1ccccc1)CC(=O)OCc1ccccc1. The van der Waals surface area contributed by atoms with Crippen molar-refractivity contribution in [1.82, 2.24) is 15.1 Å². The molecule has 0 aliphatic rings. The lowest BCUT2D eigenvalue weighted by atomic mass is 10.1. The summed E-state index contributed by atoms with van der Waals surface area (Å²) in [5, 5.41) is 2.93. The largest absolute Gasteiger partial charge is 0.460 e. The lowest BCUT2D eigenvalue weighted by Crippen LogP contribution is -2.51. The maximum Gasteiger partial charge on any atom is 0.320 e. The Morgan fingerprint density at radius 2 is 0.877 bits per heavy atom. The number of hydrogen-bond donors (Lipinski definition) is 1. The highest BCUT2D eigenvalue weighted by Crippen LogP contribution is 2.15. The molecule has 1 N–H and O–H groups in total. The van der Waals surface area contributed by atoms with E-state index in [9.17, 15) is 28.8 Å². The van der Waals surface area contributed by atoms with Gasteiger partial charge in [-0.2, -0.15) is 0 Å². The van der Waals surface area contributed by atoms with Crippen LogP contribution in [0.3, 0.4) is 0 Å². The molecule has 1 amide bonds. The van der Waals surface area contributed by atoms with Gasteiger partial charge in [-0.05, 0) is 62.3 Å². The number of rotatable bonds is 28. The van der Waals surface area contributed by atoms with Crippen molar-refractivity contribution in [3.63, 3.8) is 0 Å². The Morgan fingerprint density at radius 3 is 1.26 bits per heavy atom. The molecule has 0 aromatic heterocycles. The predicted octanol–water partition coefficient (Wildman–Crippen LogP) is 6.73. The monoisotopic (exact) mass is 893 g/mol. The first kappa shape index (κ1) is 51.3. The molecule has 65 heavy (non-hydrogen) atoms. The molecule has 4 aromatic rings. The van der Waals surface area contributed by atoms with E-state index < -0.39 is 35.5 Å². The summed E-state index contributed by atoms with van der Waals surface area (Å²) in [6.07, 6.45) is 2.30. The number of carbonyl (C=O) groups excluding carboxylic acids is 6. The highest BCUT2D eigenvalue weighted by molar-refractivity contribution is 5.77. The van der Waals surface area contributed by atoms with Gasteiger partial charge in [0, 0.05) is 32.0 Å². The van der Waals surface area contributed by atoms with Crippen LogP contribution in [0.4, 0.5) is 0 Å². The second kappa shape index (κ2) is 28.4. The molecule has 0 aliphatic heterocycles. The second-order valence-electron chi connectivity index (χ2n) is 16.6. The maximum absolute atomic E-state index is 13.6. The minimum Gasteiger partial charge on any atom is -0.460 e. The third-order valence-corrected chi connectivity index (χ3v) is 9.83. The Labute approximate surface area is 382 Å². The molecule has 0 aliphatic carbocycles. The molecule has 0 fully saturated rings. The van der Waals surface area contributed by atoms with E-state index in [2.05, 4.69) is 5.32 Å². The second-order valence-corrected chi connectivity index (χ2v) is 16.6. The normalized spacial score (nSPS) is 11.6. The van der Waals surface area contributed by atoms with E-state index in [1.807, 2.05) is 142 Å². The van der Waals surface area contributed by atoms with E-state index in [1.54, 1.807) is 4.90 Å². The van der Waals surface area contributed by atoms with Gasteiger partial charge >= 0.3 is 29.8 Å². The highest BCUT2D eigenvalue weighted by Gasteiger charge is 2.30. The molecule has 14 nitrogen and oxygen atoms in total. The number of carbonyl (C=O) groups is 6. The Hall–Kier alpha value is -6.38. The molecule has 1 atom stereocenters. The molecule has 4 aromatic carbocycles. The molecule has 348 valence electrons. The van der Waals surface area contributed by atoms with Crippen LogP contribution in [0.15, 0.2) is 121 Å². The zero-order valence-electron chi connectivity index (χ0n) is 37.8. The summed E-state index contributed by atoms with van der Waals surface area (Å²) >= 11 is 0. The molecule has 0 bridgehead atoms. The molecular weight excluding hydrogens is 831 g/mol. The van der Waals surface area contributed by atoms with Gasteiger partial charge in [-0.15, -0.1) is 0 Å². The third kappa shape index (κ3) is 22.7. The van der Waals surface area contributed by atoms with E-state index in [1.165, 1.54) is 4.90 Å². The predicted molar refractivity (Wildman–Crippen MR) is 243 cm³/mol. The molecule has 14 heteroatoms. The number of ether oxygens (including phenoxy) is 5. The summed E-state index contributed by atoms with van der Waals surface area (Å²) in [4.78, 5) is 82.5. The molecule has 0 saturated carbocycles. The standard InChI is InChI=1S/C51H63N3O11/c1-51(2,3)65-46(56)27-17-8-18-30-52-45(55)29-28-44(54(34-49(59)63-38-42-23-13-6-14-24-42)35-50(60)64-39-43-25-15-7-16-26-43)31-53(32-47(57)61-36-40-19-9-4-10-20-40)33-48(58)62-37-41-21-11-5-12-22-41/h4-7,9-16,19-26,44H,8,17-18,27-39H2,1-3H3,(H,52,55). The van der Waals surface area contributed by atoms with Crippen LogP contribution >= 0.6 is 0 Å². The van der Waals surface area contributed by atoms with Gasteiger partial charge in [-0.1, -0.05) is 128 Å². The van der Waals surface area contributed by atoms with Gasteiger partial charge in [-0.3, -0.25) is 38.6 Å². The fraction of sp³-hybridized carbons (Fsp3) is 0.412. The van der Waals surface area contributed by atoms with E-state index in [0.717, 1.165) is 22.3 Å². The highest BCUT2D eigenvalue weighted by atomic mass is 16.6. The van der Waals surface area contributed by atoms with E-state index in [4.69, 9.17) is 23.7 Å². The Balaban J connectivity index is 1.53. The molecule has 0 heterocycles. The molecule has 1 unspecified atom stereocenters. The lowest BCUT2D eigenvalue weighted by Gasteiger charge is -2.34. The van der Waals surface area contributed by atoms with E-state index >= 15 is 0 Å². The number of hydrogen-bond acceptors (Lipinski definition) is 13. The van der Waals surface area contributed by atoms with Crippen LogP contribution in [0, 0.1) is 0 Å². The van der Waals surface area contributed by atoms with Crippen molar-refractivity contribution in [2.75, 3.05) is 39.3 Å². The van der Waals surface area contributed by atoms with Crippen LogP contribution in [0.5, 0.6) is 0 Å². The van der Waals surface area contributed by atoms with Gasteiger partial charge < -0.3 is 29.0 Å². The average molecular weight is 894 g/mol. The van der Waals surface area contributed by atoms with E-state index in [0.29, 0.717) is 25.8 Å². The molecule has 0 radical (unpaired) electrons. The average Bonchev–Trinajstić information content (AvgIpc) is 3.29. The molecule has 0 spiro atoms. The fourth-order valence-corrected chi connectivity index (χ4v) is 6.60. The first-order chi connectivity index (χ1) is 31.3. The van der Waals surface area contributed by atoms with Crippen molar-refractivity contribution >= 4 is 35.8 Å². The van der Waals surface area contributed by atoms with Crippen molar-refractivity contribution in [2.24, 2.45) is 0 Å². The van der Waals surface area contributed by atoms with Gasteiger partial charge in [0.05, 0.1) is 26.2 Å². The number of unbranched alkanes of at least 4 members (excludes halogenated alkanes) is 2. The molecule has 4 rings (SSSR count). The third-order valence-electron chi connectivity index (χ3n) is 9.83. The minimum atomic E-state index is -0.771. The van der Waals surface area contributed by atoms with Gasteiger partial charge in [-0.25, -0.2) is 0 Å². The molecule has 0 saturated heterocycles. The topological polar surface area (TPSA) is 167 Å². The van der Waals surface area contributed by atoms with Crippen LogP contribution in [-0.2, 0) is 78.9 Å². The number of nitrogens with zero attached hydrogens (tertiary/aromatic N) is 2. The Kier molecular flexibility index (Phi) is 22.4. The van der Waals surface area contributed by atoms with E-state index in [-0.39, 0.29) is 90.3 Å².